The lowest BCUT2D eigenvalue weighted by atomic mass is 10.1. The number of hydrogen-bond donors (Lipinski definition) is 1. The van der Waals surface area contributed by atoms with E-state index in [-0.39, 0.29) is 0 Å². The third kappa shape index (κ3) is 5.51. The molecule has 0 aliphatic heterocycles. The first kappa shape index (κ1) is 18.2. The number of nitrogens with two attached hydrogens (primary N) is 1. The van der Waals surface area contributed by atoms with Crippen molar-refractivity contribution in [2.24, 2.45) is 5.73 Å². The second-order valence-electron chi connectivity index (χ2n) is 4.25. The molecule has 0 unspecified atom stereocenters. The second kappa shape index (κ2) is 10.8. The van der Waals surface area contributed by atoms with E-state index in [0.717, 1.165) is 12.3 Å². The van der Waals surface area contributed by atoms with Crippen LogP contribution in [0.2, 0.25) is 0 Å². The third-order valence-corrected chi connectivity index (χ3v) is 3.55. The summed E-state index contributed by atoms with van der Waals surface area (Å²) in [6.07, 6.45) is 0. The summed E-state index contributed by atoms with van der Waals surface area (Å²) in [5.74, 6) is 0.955. The third-order valence-electron chi connectivity index (χ3n) is 2.70. The van der Waals surface area contributed by atoms with Crippen molar-refractivity contribution in [2.45, 2.75) is 27.4 Å². The van der Waals surface area contributed by atoms with Crippen LogP contribution >= 0.6 is 11.3 Å². The average molecular weight is 315 g/mol. The van der Waals surface area contributed by atoms with Crippen molar-refractivity contribution in [1.82, 2.24) is 0 Å². The summed E-state index contributed by atoms with van der Waals surface area (Å²) in [5, 5.41) is 4.46. The maximum absolute atomic E-state index is 5.87. The molecule has 3 heteroatoms. The van der Waals surface area contributed by atoms with Crippen molar-refractivity contribution < 1.29 is 4.74 Å². The zero-order valence-electron chi connectivity index (χ0n) is 13.6. The van der Waals surface area contributed by atoms with Crippen molar-refractivity contribution in [2.75, 3.05) is 6.54 Å². The normalized spacial score (nSPS) is 9.27. The van der Waals surface area contributed by atoms with Crippen LogP contribution in [0, 0.1) is 0 Å². The maximum Gasteiger partial charge on any atom is 0.127 e. The molecule has 0 spiro atoms. The smallest absolute Gasteiger partial charge is 0.127 e. The molecule has 3 aromatic rings. The minimum atomic E-state index is 0.645. The van der Waals surface area contributed by atoms with Gasteiger partial charge in [0.05, 0.1) is 0 Å². The first-order valence-corrected chi connectivity index (χ1v) is 8.56. The Labute approximate surface area is 137 Å². The fourth-order valence-corrected chi connectivity index (χ4v) is 2.48. The van der Waals surface area contributed by atoms with Gasteiger partial charge in [-0.2, -0.15) is 0 Å². The van der Waals surface area contributed by atoms with Gasteiger partial charge >= 0.3 is 0 Å². The van der Waals surface area contributed by atoms with Crippen LogP contribution in [0.3, 0.4) is 0 Å². The molecule has 3 rings (SSSR count). The molecule has 0 saturated heterocycles. The molecular weight excluding hydrogens is 290 g/mol. The zero-order chi connectivity index (χ0) is 16.2. The van der Waals surface area contributed by atoms with E-state index >= 15 is 0 Å². The van der Waals surface area contributed by atoms with Gasteiger partial charge in [-0.3, -0.25) is 0 Å². The summed E-state index contributed by atoms with van der Waals surface area (Å²) in [6.45, 7) is 7.30. The van der Waals surface area contributed by atoms with Crippen LogP contribution in [0.5, 0.6) is 5.75 Å². The molecule has 2 N–H and O–H groups in total. The highest BCUT2D eigenvalue weighted by Crippen LogP contribution is 2.26. The molecule has 0 amide bonds. The first-order chi connectivity index (χ1) is 10.8. The molecule has 1 aromatic heterocycles. The Morgan fingerprint density at radius 1 is 0.955 bits per heavy atom. The predicted octanol–water partition coefficient (Wildman–Crippen LogP) is 5.47. The lowest BCUT2D eigenvalue weighted by molar-refractivity contribution is 0.313. The molecule has 0 bridgehead atoms. The van der Waals surface area contributed by atoms with Crippen molar-refractivity contribution in [3.8, 4) is 5.75 Å². The number of hydrogen-bond acceptors (Lipinski definition) is 3. The highest BCUT2D eigenvalue weighted by Gasteiger charge is 2.01. The van der Waals surface area contributed by atoms with Crippen molar-refractivity contribution in [3.05, 3.63) is 64.9 Å². The number of thiophene rings is 1. The fourth-order valence-electron chi connectivity index (χ4n) is 1.87. The average Bonchev–Trinajstić information content (AvgIpc) is 3.09. The van der Waals surface area contributed by atoms with Crippen LogP contribution in [0.4, 0.5) is 0 Å². The number of fused-ring (bicyclic) bond motifs is 1. The maximum atomic E-state index is 5.87. The summed E-state index contributed by atoms with van der Waals surface area (Å²) in [5.41, 5.74) is 4.85. The molecule has 2 nitrogen and oxygen atoms in total. The lowest BCUT2D eigenvalue weighted by Crippen LogP contribution is -1.93. The Morgan fingerprint density at radius 2 is 1.64 bits per heavy atom. The van der Waals surface area contributed by atoms with E-state index in [1.807, 2.05) is 51.1 Å². The van der Waals surface area contributed by atoms with Gasteiger partial charge in [0, 0.05) is 10.3 Å². The van der Waals surface area contributed by atoms with Gasteiger partial charge in [-0.25, -0.2) is 0 Å². The predicted molar refractivity (Wildman–Crippen MR) is 98.7 cm³/mol. The second-order valence-corrected chi connectivity index (χ2v) is 5.29. The molecular formula is C19H25NOS. The number of benzene rings is 2. The van der Waals surface area contributed by atoms with Crippen LogP contribution in [-0.4, -0.2) is 6.54 Å². The first-order valence-electron chi connectivity index (χ1n) is 7.68. The van der Waals surface area contributed by atoms with Gasteiger partial charge in [-0.15, -0.1) is 11.3 Å². The fraction of sp³-hybridized carbons (Fsp3) is 0.263. The Kier molecular flexibility index (Phi) is 8.96. The Hall–Kier alpha value is -1.84. The van der Waals surface area contributed by atoms with Gasteiger partial charge in [0.1, 0.15) is 12.4 Å². The van der Waals surface area contributed by atoms with Gasteiger partial charge in [0.15, 0.2) is 0 Å². The largest absolute Gasteiger partial charge is 0.487 e. The number of ether oxygens (including phenoxy) is 1. The highest BCUT2D eigenvalue weighted by atomic mass is 32.1. The summed E-state index contributed by atoms with van der Waals surface area (Å²) >= 11 is 1.72. The van der Waals surface area contributed by atoms with Gasteiger partial charge in [-0.1, -0.05) is 63.2 Å². The monoisotopic (exact) mass is 315 g/mol. The Balaban J connectivity index is 0.000000435. The summed E-state index contributed by atoms with van der Waals surface area (Å²) in [4.78, 5) is 1.25. The molecule has 0 saturated carbocycles. The highest BCUT2D eigenvalue weighted by molar-refractivity contribution is 7.09. The zero-order valence-corrected chi connectivity index (χ0v) is 14.4. The van der Waals surface area contributed by atoms with Gasteiger partial charge in [-0.05, 0) is 29.4 Å². The molecule has 2 aromatic carbocycles. The van der Waals surface area contributed by atoms with E-state index in [0.29, 0.717) is 6.61 Å². The van der Waals surface area contributed by atoms with E-state index in [1.54, 1.807) is 11.3 Å². The topological polar surface area (TPSA) is 35.2 Å². The summed E-state index contributed by atoms with van der Waals surface area (Å²) in [7, 11) is 0. The minimum Gasteiger partial charge on any atom is -0.487 e. The van der Waals surface area contributed by atoms with Crippen LogP contribution in [0.25, 0.3) is 10.8 Å². The molecule has 118 valence electrons. The minimum absolute atomic E-state index is 0.645. The molecule has 0 atom stereocenters. The molecule has 22 heavy (non-hydrogen) atoms. The summed E-state index contributed by atoms with van der Waals surface area (Å²) < 4.78 is 5.87. The standard InChI is InChI=1S/C15H12OS.C2H7N.C2H6/c1-2-8-14-12(5-1)6-3-9-15(14)16-11-13-7-4-10-17-13;1-2-3;1-2/h1-10H,11H2;2-3H2,1H3;1-2H3. The molecule has 0 fully saturated rings. The van der Waals surface area contributed by atoms with E-state index < -0.39 is 0 Å². The van der Waals surface area contributed by atoms with Crippen molar-refractivity contribution in [1.29, 1.82) is 0 Å². The summed E-state index contributed by atoms with van der Waals surface area (Å²) in [6, 6.07) is 18.6. The van der Waals surface area contributed by atoms with E-state index in [9.17, 15) is 0 Å². The van der Waals surface area contributed by atoms with Crippen LogP contribution in [0.15, 0.2) is 60.0 Å². The van der Waals surface area contributed by atoms with Crippen molar-refractivity contribution >= 4 is 22.1 Å². The van der Waals surface area contributed by atoms with E-state index in [1.165, 1.54) is 15.6 Å². The van der Waals surface area contributed by atoms with Crippen LogP contribution < -0.4 is 10.5 Å². The molecule has 0 aliphatic carbocycles. The van der Waals surface area contributed by atoms with Gasteiger partial charge < -0.3 is 10.5 Å². The Morgan fingerprint density at radius 3 is 2.32 bits per heavy atom. The molecule has 0 aliphatic rings. The number of rotatable bonds is 3. The molecule has 0 radical (unpaired) electrons. The van der Waals surface area contributed by atoms with Gasteiger partial charge in [0.25, 0.3) is 0 Å². The van der Waals surface area contributed by atoms with E-state index in [4.69, 9.17) is 10.5 Å². The quantitative estimate of drug-likeness (QED) is 0.695. The van der Waals surface area contributed by atoms with Crippen molar-refractivity contribution in [3.63, 3.8) is 0 Å². The SMILES string of the molecule is CC.CCN.c1csc(COc2cccc3ccccc23)c1. The van der Waals surface area contributed by atoms with Gasteiger partial charge in [0.2, 0.25) is 0 Å². The van der Waals surface area contributed by atoms with Crippen LogP contribution in [0.1, 0.15) is 25.6 Å². The van der Waals surface area contributed by atoms with Crippen LogP contribution in [-0.2, 0) is 6.61 Å². The Bertz CT molecular complexity index is 629. The lowest BCUT2D eigenvalue weighted by Gasteiger charge is -2.08. The van der Waals surface area contributed by atoms with E-state index in [2.05, 4.69) is 29.6 Å². The molecule has 1 heterocycles.